The van der Waals surface area contributed by atoms with E-state index in [4.69, 9.17) is 9.84 Å². The predicted molar refractivity (Wildman–Crippen MR) is 74.1 cm³/mol. The Labute approximate surface area is 115 Å². The number of carbonyl (C=O) groups is 1. The third-order valence-electron chi connectivity index (χ3n) is 2.58. The fourth-order valence-electron chi connectivity index (χ4n) is 1.69. The van der Waals surface area contributed by atoms with E-state index in [0.717, 1.165) is 23.6 Å². The van der Waals surface area contributed by atoms with Crippen molar-refractivity contribution in [3.05, 3.63) is 45.9 Å². The van der Waals surface area contributed by atoms with Gasteiger partial charge in [-0.2, -0.15) is 0 Å². The van der Waals surface area contributed by atoms with Crippen molar-refractivity contribution in [3.63, 3.8) is 0 Å². The Morgan fingerprint density at radius 1 is 1.37 bits per heavy atom. The molecule has 1 aromatic heterocycles. The largest absolute Gasteiger partial charge is 0.494 e. The second kappa shape index (κ2) is 6.33. The molecule has 0 aliphatic carbocycles. The lowest BCUT2D eigenvalue weighted by atomic mass is 10.3. The second-order valence-electron chi connectivity index (χ2n) is 4.09. The number of carboxylic acids is 1. The number of aromatic carboxylic acids is 1. The van der Waals surface area contributed by atoms with E-state index in [1.54, 1.807) is 6.92 Å². The molecule has 0 bridgehead atoms. The highest BCUT2D eigenvalue weighted by molar-refractivity contribution is 7.13. The molecule has 1 heterocycles. The number of rotatable bonds is 6. The van der Waals surface area contributed by atoms with Gasteiger partial charge in [0.25, 0.3) is 0 Å². The zero-order chi connectivity index (χ0) is 13.7. The summed E-state index contributed by atoms with van der Waals surface area (Å²) in [7, 11) is 0. The number of aryl methyl sites for hydroxylation is 2. The van der Waals surface area contributed by atoms with Crippen LogP contribution in [-0.2, 0) is 6.42 Å². The molecule has 0 radical (unpaired) electrons. The Kier molecular flexibility index (Phi) is 4.52. The zero-order valence-corrected chi connectivity index (χ0v) is 11.4. The molecule has 5 heteroatoms. The van der Waals surface area contributed by atoms with Crippen LogP contribution in [0.5, 0.6) is 5.75 Å². The number of carboxylic acid groups (broad SMARTS) is 1. The molecule has 0 saturated carbocycles. The maximum absolute atomic E-state index is 10.9. The minimum Gasteiger partial charge on any atom is -0.494 e. The molecule has 0 aliphatic heterocycles. The van der Waals surface area contributed by atoms with Crippen LogP contribution in [0.4, 0.5) is 0 Å². The van der Waals surface area contributed by atoms with Crippen molar-refractivity contribution in [2.45, 2.75) is 19.8 Å². The Bertz CT molecular complexity index is 551. The minimum atomic E-state index is -0.901. The second-order valence-corrected chi connectivity index (χ2v) is 5.18. The molecule has 2 rings (SSSR count). The molecule has 0 spiro atoms. The molecule has 0 aliphatic rings. The first-order valence-electron chi connectivity index (χ1n) is 6.04. The molecule has 0 fully saturated rings. The van der Waals surface area contributed by atoms with Crippen molar-refractivity contribution in [2.24, 2.45) is 0 Å². The third-order valence-corrected chi connectivity index (χ3v) is 3.79. The average molecular weight is 277 g/mol. The lowest BCUT2D eigenvalue weighted by Crippen LogP contribution is -1.99. The van der Waals surface area contributed by atoms with Gasteiger partial charge in [-0.1, -0.05) is 18.2 Å². The van der Waals surface area contributed by atoms with Crippen LogP contribution in [0.25, 0.3) is 0 Å². The number of aromatic nitrogens is 1. The summed E-state index contributed by atoms with van der Waals surface area (Å²) in [5, 5.41) is 9.80. The van der Waals surface area contributed by atoms with Gasteiger partial charge in [0.05, 0.1) is 17.3 Å². The fourth-order valence-corrected chi connectivity index (χ4v) is 2.63. The van der Waals surface area contributed by atoms with Crippen LogP contribution >= 0.6 is 11.3 Å². The van der Waals surface area contributed by atoms with Gasteiger partial charge in [-0.25, -0.2) is 9.78 Å². The van der Waals surface area contributed by atoms with Crippen molar-refractivity contribution in [2.75, 3.05) is 6.61 Å². The van der Waals surface area contributed by atoms with Crippen LogP contribution in [-0.4, -0.2) is 22.7 Å². The summed E-state index contributed by atoms with van der Waals surface area (Å²) >= 11 is 1.25. The summed E-state index contributed by atoms with van der Waals surface area (Å²) in [6, 6.07) is 9.63. The fraction of sp³-hybridized carbons (Fsp3) is 0.286. The topological polar surface area (TPSA) is 59.4 Å². The van der Waals surface area contributed by atoms with Gasteiger partial charge in [-0.05, 0) is 25.5 Å². The van der Waals surface area contributed by atoms with Crippen molar-refractivity contribution in [1.29, 1.82) is 0 Å². The van der Waals surface area contributed by atoms with Crippen molar-refractivity contribution < 1.29 is 14.6 Å². The first kappa shape index (κ1) is 13.5. The first-order chi connectivity index (χ1) is 9.16. The van der Waals surface area contributed by atoms with E-state index in [-0.39, 0.29) is 0 Å². The SMILES string of the molecule is Cc1nc(CCCOc2ccccc2)sc1C(=O)O. The standard InChI is InChI=1S/C14H15NO3S/c1-10-13(14(16)17)19-12(15-10)8-5-9-18-11-6-3-2-4-7-11/h2-4,6-7H,5,8-9H2,1H3,(H,16,17). The maximum atomic E-state index is 10.9. The summed E-state index contributed by atoms with van der Waals surface area (Å²) in [6.45, 7) is 2.33. The zero-order valence-electron chi connectivity index (χ0n) is 10.6. The predicted octanol–water partition coefficient (Wildman–Crippen LogP) is 3.16. The van der Waals surface area contributed by atoms with Gasteiger partial charge >= 0.3 is 5.97 Å². The van der Waals surface area contributed by atoms with Crippen molar-refractivity contribution >= 4 is 17.3 Å². The quantitative estimate of drug-likeness (QED) is 0.824. The van der Waals surface area contributed by atoms with Gasteiger partial charge in [0.1, 0.15) is 10.6 Å². The highest BCUT2D eigenvalue weighted by Crippen LogP contribution is 2.19. The summed E-state index contributed by atoms with van der Waals surface area (Å²) in [5.41, 5.74) is 0.594. The molecule has 0 saturated heterocycles. The van der Waals surface area contributed by atoms with E-state index in [1.807, 2.05) is 30.3 Å². The maximum Gasteiger partial charge on any atom is 0.347 e. The first-order valence-corrected chi connectivity index (χ1v) is 6.86. The Morgan fingerprint density at radius 3 is 2.74 bits per heavy atom. The molecule has 2 aromatic rings. The van der Waals surface area contributed by atoms with Crippen molar-refractivity contribution in [1.82, 2.24) is 4.98 Å². The lowest BCUT2D eigenvalue weighted by molar-refractivity contribution is 0.0701. The van der Waals surface area contributed by atoms with E-state index in [0.29, 0.717) is 17.2 Å². The van der Waals surface area contributed by atoms with E-state index in [2.05, 4.69) is 4.98 Å². The van der Waals surface area contributed by atoms with E-state index in [1.165, 1.54) is 11.3 Å². The Morgan fingerprint density at radius 2 is 2.11 bits per heavy atom. The van der Waals surface area contributed by atoms with Crippen LogP contribution in [0.15, 0.2) is 30.3 Å². The number of thiazole rings is 1. The molecule has 1 N–H and O–H groups in total. The molecule has 0 unspecified atom stereocenters. The average Bonchev–Trinajstić information content (AvgIpc) is 2.77. The van der Waals surface area contributed by atoms with E-state index >= 15 is 0 Å². The van der Waals surface area contributed by atoms with Gasteiger partial charge in [-0.15, -0.1) is 11.3 Å². The van der Waals surface area contributed by atoms with Crippen LogP contribution in [0.3, 0.4) is 0 Å². The molecule has 4 nitrogen and oxygen atoms in total. The molecule has 0 amide bonds. The normalized spacial score (nSPS) is 10.4. The number of hydrogen-bond donors (Lipinski definition) is 1. The van der Waals surface area contributed by atoms with Gasteiger partial charge in [0, 0.05) is 6.42 Å². The number of hydrogen-bond acceptors (Lipinski definition) is 4. The van der Waals surface area contributed by atoms with Gasteiger partial charge < -0.3 is 9.84 Å². The molecular weight excluding hydrogens is 262 g/mol. The smallest absolute Gasteiger partial charge is 0.347 e. The Hall–Kier alpha value is -1.88. The molecule has 1 aromatic carbocycles. The summed E-state index contributed by atoms with van der Waals surface area (Å²) < 4.78 is 5.57. The summed E-state index contributed by atoms with van der Waals surface area (Å²) in [6.07, 6.45) is 1.56. The summed E-state index contributed by atoms with van der Waals surface area (Å²) in [4.78, 5) is 15.5. The Balaban J connectivity index is 1.80. The van der Waals surface area contributed by atoms with Crippen LogP contribution < -0.4 is 4.74 Å². The summed E-state index contributed by atoms with van der Waals surface area (Å²) in [5.74, 6) is -0.0502. The number of nitrogens with zero attached hydrogens (tertiary/aromatic N) is 1. The molecule has 0 atom stereocenters. The molecule has 100 valence electrons. The van der Waals surface area contributed by atoms with Crippen LogP contribution in [0, 0.1) is 6.92 Å². The van der Waals surface area contributed by atoms with Gasteiger partial charge in [0.15, 0.2) is 0 Å². The molecule has 19 heavy (non-hydrogen) atoms. The number of para-hydroxylation sites is 1. The monoisotopic (exact) mass is 277 g/mol. The van der Waals surface area contributed by atoms with Gasteiger partial charge in [-0.3, -0.25) is 0 Å². The van der Waals surface area contributed by atoms with E-state index < -0.39 is 5.97 Å². The van der Waals surface area contributed by atoms with E-state index in [9.17, 15) is 4.79 Å². The highest BCUT2D eigenvalue weighted by Gasteiger charge is 2.13. The number of benzene rings is 1. The van der Waals surface area contributed by atoms with Gasteiger partial charge in [0.2, 0.25) is 0 Å². The van der Waals surface area contributed by atoms with Crippen molar-refractivity contribution in [3.8, 4) is 5.75 Å². The van der Waals surface area contributed by atoms with Crippen LogP contribution in [0.2, 0.25) is 0 Å². The highest BCUT2D eigenvalue weighted by atomic mass is 32.1. The van der Waals surface area contributed by atoms with Crippen LogP contribution in [0.1, 0.15) is 26.8 Å². The molecular formula is C14H15NO3S. The minimum absolute atomic E-state index is 0.332. The lowest BCUT2D eigenvalue weighted by Gasteiger charge is -2.04. The number of ether oxygens (including phenoxy) is 1. The third kappa shape index (κ3) is 3.79.